The van der Waals surface area contributed by atoms with Gasteiger partial charge in [0, 0.05) is 31.6 Å². The van der Waals surface area contributed by atoms with Crippen LogP contribution >= 0.6 is 0 Å². The molecule has 0 bridgehead atoms. The lowest BCUT2D eigenvalue weighted by atomic mass is 9.88. The minimum Gasteiger partial charge on any atom is -0.338 e. The zero-order chi connectivity index (χ0) is 18.0. The van der Waals surface area contributed by atoms with Crippen molar-refractivity contribution in [3.05, 3.63) is 35.9 Å². The largest absolute Gasteiger partial charge is 0.338 e. The minimum absolute atomic E-state index is 0.115. The first-order valence-electron chi connectivity index (χ1n) is 9.33. The van der Waals surface area contributed by atoms with E-state index in [0.29, 0.717) is 43.3 Å². The Morgan fingerprint density at radius 3 is 2.68 bits per heavy atom. The van der Waals surface area contributed by atoms with E-state index in [-0.39, 0.29) is 18.0 Å². The lowest BCUT2D eigenvalue weighted by molar-refractivity contribution is -0.129. The molecule has 1 saturated heterocycles. The molecule has 25 heavy (non-hydrogen) atoms. The van der Waals surface area contributed by atoms with E-state index in [2.05, 4.69) is 34.6 Å². The molecule has 1 aliphatic carbocycles. The molecule has 5 nitrogen and oxygen atoms in total. The molecule has 2 aliphatic rings. The Balaban J connectivity index is 1.62. The molecule has 1 heterocycles. The van der Waals surface area contributed by atoms with Gasteiger partial charge in [0.15, 0.2) is 0 Å². The Hall–Kier alpha value is -2.04. The Bertz CT molecular complexity index is 617. The van der Waals surface area contributed by atoms with Crippen molar-refractivity contribution in [3.8, 4) is 0 Å². The number of amides is 3. The molecule has 0 aromatic heterocycles. The SMILES string of the molecule is CC(C)NC(=O)NC[C@H]1[C@@H]2CC(=O)N(Cc3ccccc3)[C@@H]2C[C@@H]1C. The van der Waals surface area contributed by atoms with Crippen LogP contribution in [0.3, 0.4) is 0 Å². The van der Waals surface area contributed by atoms with Crippen molar-refractivity contribution in [3.63, 3.8) is 0 Å². The first-order chi connectivity index (χ1) is 12.0. The third-order valence-corrected chi connectivity index (χ3v) is 5.63. The number of urea groups is 1. The summed E-state index contributed by atoms with van der Waals surface area (Å²) in [5.41, 5.74) is 1.18. The summed E-state index contributed by atoms with van der Waals surface area (Å²) in [6.45, 7) is 7.49. The molecule has 0 unspecified atom stereocenters. The first kappa shape index (κ1) is 17.8. The number of likely N-dealkylation sites (tertiary alicyclic amines) is 1. The van der Waals surface area contributed by atoms with E-state index in [0.717, 1.165) is 6.42 Å². The maximum absolute atomic E-state index is 12.6. The molecule has 2 fully saturated rings. The van der Waals surface area contributed by atoms with Crippen LogP contribution in [-0.4, -0.2) is 35.5 Å². The third-order valence-electron chi connectivity index (χ3n) is 5.63. The summed E-state index contributed by atoms with van der Waals surface area (Å²) in [7, 11) is 0. The standard InChI is InChI=1S/C20H29N3O2/c1-13(2)22-20(25)21-11-17-14(3)9-18-16(17)10-19(24)23(18)12-15-7-5-4-6-8-15/h4-8,13-14,16-18H,9-12H2,1-3H3,(H2,21,22,25)/t14-,16-,17+,18+/m0/s1. The number of hydrogen-bond acceptors (Lipinski definition) is 2. The molecular formula is C20H29N3O2. The summed E-state index contributed by atoms with van der Waals surface area (Å²) >= 11 is 0. The van der Waals surface area contributed by atoms with Crippen molar-refractivity contribution in [1.82, 2.24) is 15.5 Å². The van der Waals surface area contributed by atoms with Gasteiger partial charge < -0.3 is 15.5 Å². The molecule has 2 N–H and O–H groups in total. The van der Waals surface area contributed by atoms with Crippen molar-refractivity contribution < 1.29 is 9.59 Å². The Labute approximate surface area is 150 Å². The lowest BCUT2D eigenvalue weighted by Crippen LogP contribution is -2.42. The van der Waals surface area contributed by atoms with Gasteiger partial charge in [0.25, 0.3) is 0 Å². The maximum Gasteiger partial charge on any atom is 0.314 e. The minimum atomic E-state index is -0.115. The van der Waals surface area contributed by atoms with Gasteiger partial charge >= 0.3 is 6.03 Å². The van der Waals surface area contributed by atoms with Gasteiger partial charge in [0.1, 0.15) is 0 Å². The van der Waals surface area contributed by atoms with Crippen LogP contribution in [0.15, 0.2) is 30.3 Å². The van der Waals surface area contributed by atoms with Gasteiger partial charge in [-0.15, -0.1) is 0 Å². The van der Waals surface area contributed by atoms with E-state index in [4.69, 9.17) is 0 Å². The summed E-state index contributed by atoms with van der Waals surface area (Å²) < 4.78 is 0. The predicted octanol–water partition coefficient (Wildman–Crippen LogP) is 2.77. The van der Waals surface area contributed by atoms with Crippen molar-refractivity contribution in [2.75, 3.05) is 6.54 Å². The normalized spacial score (nSPS) is 28.3. The highest BCUT2D eigenvalue weighted by Gasteiger charge is 2.50. The molecule has 136 valence electrons. The van der Waals surface area contributed by atoms with Crippen LogP contribution < -0.4 is 10.6 Å². The second-order valence-corrected chi connectivity index (χ2v) is 7.83. The number of benzene rings is 1. The molecule has 4 atom stereocenters. The van der Waals surface area contributed by atoms with Crippen LogP contribution in [0.1, 0.15) is 39.2 Å². The predicted molar refractivity (Wildman–Crippen MR) is 97.8 cm³/mol. The summed E-state index contributed by atoms with van der Waals surface area (Å²) in [6.07, 6.45) is 1.64. The highest BCUT2D eigenvalue weighted by molar-refractivity contribution is 5.79. The van der Waals surface area contributed by atoms with E-state index in [9.17, 15) is 9.59 Å². The number of fused-ring (bicyclic) bond motifs is 1. The van der Waals surface area contributed by atoms with Crippen LogP contribution in [0.5, 0.6) is 0 Å². The molecule has 1 aliphatic heterocycles. The van der Waals surface area contributed by atoms with Crippen molar-refractivity contribution >= 4 is 11.9 Å². The van der Waals surface area contributed by atoms with E-state index in [1.54, 1.807) is 0 Å². The number of hydrogen-bond donors (Lipinski definition) is 2. The van der Waals surface area contributed by atoms with Crippen LogP contribution in [-0.2, 0) is 11.3 Å². The number of rotatable bonds is 5. The fourth-order valence-corrected chi connectivity index (χ4v) is 4.45. The smallest absolute Gasteiger partial charge is 0.314 e. The second kappa shape index (κ2) is 7.46. The molecule has 1 aromatic carbocycles. The van der Waals surface area contributed by atoms with Crippen LogP contribution in [0.2, 0.25) is 0 Å². The molecule has 0 spiro atoms. The second-order valence-electron chi connectivity index (χ2n) is 7.83. The van der Waals surface area contributed by atoms with Gasteiger partial charge in [-0.05, 0) is 43.6 Å². The molecule has 3 amide bonds. The van der Waals surface area contributed by atoms with Gasteiger partial charge in [0.2, 0.25) is 5.91 Å². The zero-order valence-corrected chi connectivity index (χ0v) is 15.4. The van der Waals surface area contributed by atoms with Gasteiger partial charge in [-0.3, -0.25) is 4.79 Å². The number of carbonyl (C=O) groups excluding carboxylic acids is 2. The summed E-state index contributed by atoms with van der Waals surface area (Å²) in [6, 6.07) is 10.5. The zero-order valence-electron chi connectivity index (χ0n) is 15.4. The van der Waals surface area contributed by atoms with Gasteiger partial charge in [0.05, 0.1) is 0 Å². The van der Waals surface area contributed by atoms with Crippen molar-refractivity contribution in [2.24, 2.45) is 17.8 Å². The Morgan fingerprint density at radius 2 is 2.00 bits per heavy atom. The van der Waals surface area contributed by atoms with Gasteiger partial charge in [-0.2, -0.15) is 0 Å². The topological polar surface area (TPSA) is 61.4 Å². The number of carbonyl (C=O) groups is 2. The van der Waals surface area contributed by atoms with E-state index >= 15 is 0 Å². The molecule has 5 heteroatoms. The fraction of sp³-hybridized carbons (Fsp3) is 0.600. The molecule has 1 saturated carbocycles. The van der Waals surface area contributed by atoms with E-state index in [1.807, 2.05) is 32.0 Å². The molecular weight excluding hydrogens is 314 g/mol. The average molecular weight is 343 g/mol. The molecule has 3 rings (SSSR count). The number of nitrogens with zero attached hydrogens (tertiary/aromatic N) is 1. The molecule has 1 aromatic rings. The van der Waals surface area contributed by atoms with Crippen LogP contribution in [0.25, 0.3) is 0 Å². The number of nitrogens with one attached hydrogen (secondary N) is 2. The van der Waals surface area contributed by atoms with Crippen LogP contribution in [0, 0.1) is 17.8 Å². The lowest BCUT2D eigenvalue weighted by Gasteiger charge is -2.24. The highest BCUT2D eigenvalue weighted by atomic mass is 16.2. The monoisotopic (exact) mass is 343 g/mol. The van der Waals surface area contributed by atoms with Gasteiger partial charge in [-0.1, -0.05) is 37.3 Å². The van der Waals surface area contributed by atoms with E-state index in [1.165, 1.54) is 5.56 Å². The summed E-state index contributed by atoms with van der Waals surface area (Å²) in [5.74, 6) is 1.49. The van der Waals surface area contributed by atoms with E-state index < -0.39 is 0 Å². The average Bonchev–Trinajstić information content (AvgIpc) is 3.01. The summed E-state index contributed by atoms with van der Waals surface area (Å²) in [4.78, 5) is 26.5. The van der Waals surface area contributed by atoms with Crippen molar-refractivity contribution in [2.45, 2.75) is 52.2 Å². The maximum atomic E-state index is 12.6. The quantitative estimate of drug-likeness (QED) is 0.863. The first-order valence-corrected chi connectivity index (χ1v) is 9.33. The Kier molecular flexibility index (Phi) is 5.30. The Morgan fingerprint density at radius 1 is 1.28 bits per heavy atom. The van der Waals surface area contributed by atoms with Gasteiger partial charge in [-0.25, -0.2) is 4.79 Å². The van der Waals surface area contributed by atoms with Crippen molar-refractivity contribution in [1.29, 1.82) is 0 Å². The fourth-order valence-electron chi connectivity index (χ4n) is 4.45. The third kappa shape index (κ3) is 3.97. The highest BCUT2D eigenvalue weighted by Crippen LogP contribution is 2.46. The summed E-state index contributed by atoms with van der Waals surface area (Å²) in [5, 5.41) is 5.86. The molecule has 0 radical (unpaired) electrons. The van der Waals surface area contributed by atoms with Crippen LogP contribution in [0.4, 0.5) is 4.79 Å².